The number of hydrogen-bond donors (Lipinski definition) is 0. The largest absolute Gasteiger partial charge is 0.458 e. The Morgan fingerprint density at radius 1 is 1.14 bits per heavy atom. The molecule has 2 saturated heterocycles. The maximum Gasteiger partial charge on any atom is 0.339 e. The van der Waals surface area contributed by atoms with Crippen LogP contribution in [0.1, 0.15) is 54.4 Å². The van der Waals surface area contributed by atoms with Crippen LogP contribution in [0, 0.1) is 10.8 Å². The topological polar surface area (TPSA) is 101 Å². The van der Waals surface area contributed by atoms with E-state index in [1.807, 2.05) is 13.8 Å². The second-order valence-corrected chi connectivity index (χ2v) is 9.24. The van der Waals surface area contributed by atoms with Gasteiger partial charge in [0.05, 0.1) is 18.1 Å². The highest BCUT2D eigenvalue weighted by molar-refractivity contribution is 5.89. The number of Topliss-reactive ketones (excluding diaryl/α,β-unsaturated/α-hetero) is 1. The summed E-state index contributed by atoms with van der Waals surface area (Å²) < 4.78 is 18.3. The van der Waals surface area contributed by atoms with Gasteiger partial charge < -0.3 is 14.2 Å². The van der Waals surface area contributed by atoms with Gasteiger partial charge in [-0.15, -0.1) is 0 Å². The van der Waals surface area contributed by atoms with E-state index in [1.165, 1.54) is 26.3 Å². The molecular formula is C21H28O8. The van der Waals surface area contributed by atoms with Crippen LogP contribution in [0.15, 0.2) is 11.6 Å². The number of ether oxygens (including phenoxy) is 3. The Morgan fingerprint density at radius 2 is 1.79 bits per heavy atom. The SMILES string of the molecule is CC(=O)OO[C@@]1(C(C)=O)C(OC(C)=O)[C@]2(C)[C@@]3(C)CCC(C)=C[C@H]3O[C@H]1[C@@]21CO1. The normalized spacial score (nSPS) is 47.2. The fourth-order valence-corrected chi connectivity index (χ4v) is 5.96. The van der Waals surface area contributed by atoms with Crippen molar-refractivity contribution in [2.75, 3.05) is 6.61 Å². The number of carbonyl (C=O) groups is 3. The van der Waals surface area contributed by atoms with E-state index >= 15 is 0 Å². The first-order valence-corrected chi connectivity index (χ1v) is 9.97. The Bertz CT molecular complexity index is 813. The Labute approximate surface area is 169 Å². The van der Waals surface area contributed by atoms with Crippen molar-refractivity contribution >= 4 is 17.7 Å². The van der Waals surface area contributed by atoms with Gasteiger partial charge in [-0.2, -0.15) is 4.89 Å². The van der Waals surface area contributed by atoms with Crippen molar-refractivity contribution in [3.8, 4) is 0 Å². The Balaban J connectivity index is 1.95. The fraction of sp³-hybridized carbons (Fsp3) is 0.762. The van der Waals surface area contributed by atoms with Crippen LogP contribution >= 0.6 is 0 Å². The standard InChI is InChI=1S/C21H28O8/c1-11-7-8-18(5)15(9-11)27-17-20(10-25-20)19(18,6)16(26-13(3)23)21(17,12(2)22)29-28-14(4)24/h9,15-17H,7-8,10H2,1-6H3/t15-,16?,17+,18+,19-,20+,21+/m1/s1. The molecule has 1 spiro atoms. The molecule has 0 amide bonds. The Hall–Kier alpha value is -1.77. The lowest BCUT2D eigenvalue weighted by atomic mass is 9.52. The fourth-order valence-electron chi connectivity index (χ4n) is 5.96. The van der Waals surface area contributed by atoms with Crippen molar-refractivity contribution in [3.05, 3.63) is 11.6 Å². The molecule has 1 saturated carbocycles. The Kier molecular flexibility index (Phi) is 4.33. The molecule has 1 unspecified atom stereocenters. The lowest BCUT2D eigenvalue weighted by molar-refractivity contribution is -0.351. The zero-order valence-corrected chi connectivity index (χ0v) is 17.7. The summed E-state index contributed by atoms with van der Waals surface area (Å²) in [6, 6.07) is 0. The molecule has 0 radical (unpaired) electrons. The van der Waals surface area contributed by atoms with Crippen LogP contribution in [0.3, 0.4) is 0 Å². The molecule has 0 aromatic rings. The van der Waals surface area contributed by atoms with Gasteiger partial charge in [-0.3, -0.25) is 14.5 Å². The van der Waals surface area contributed by atoms with Crippen LogP contribution in [-0.4, -0.2) is 53.8 Å². The molecular weight excluding hydrogens is 380 g/mol. The van der Waals surface area contributed by atoms with Gasteiger partial charge in [-0.1, -0.05) is 25.5 Å². The highest BCUT2D eigenvalue weighted by Crippen LogP contribution is 2.74. The van der Waals surface area contributed by atoms with Crippen LogP contribution in [0.4, 0.5) is 0 Å². The third-order valence-electron chi connectivity index (χ3n) is 7.76. The van der Waals surface area contributed by atoms with E-state index in [4.69, 9.17) is 24.0 Å². The first kappa shape index (κ1) is 20.5. The molecule has 8 heteroatoms. The molecule has 2 aliphatic heterocycles. The van der Waals surface area contributed by atoms with Crippen LogP contribution in [0.25, 0.3) is 0 Å². The molecule has 2 aliphatic carbocycles. The van der Waals surface area contributed by atoms with E-state index in [1.54, 1.807) is 0 Å². The van der Waals surface area contributed by atoms with E-state index in [2.05, 4.69) is 13.0 Å². The summed E-state index contributed by atoms with van der Waals surface area (Å²) in [6.07, 6.45) is 1.45. The number of allylic oxidation sites excluding steroid dienone is 1. The molecule has 29 heavy (non-hydrogen) atoms. The molecule has 3 fully saturated rings. The number of esters is 1. The predicted octanol–water partition coefficient (Wildman–Crippen LogP) is 2.04. The van der Waals surface area contributed by atoms with Crippen LogP contribution < -0.4 is 0 Å². The molecule has 2 heterocycles. The number of carbonyl (C=O) groups excluding carboxylic acids is 3. The first-order valence-electron chi connectivity index (χ1n) is 9.97. The second-order valence-electron chi connectivity index (χ2n) is 9.24. The summed E-state index contributed by atoms with van der Waals surface area (Å²) in [5.74, 6) is -1.72. The number of hydrogen-bond acceptors (Lipinski definition) is 8. The lowest BCUT2D eigenvalue weighted by Gasteiger charge is -2.56. The maximum absolute atomic E-state index is 13.1. The van der Waals surface area contributed by atoms with E-state index in [-0.39, 0.29) is 6.10 Å². The summed E-state index contributed by atoms with van der Waals surface area (Å²) in [6.45, 7) is 10.2. The third-order valence-corrected chi connectivity index (χ3v) is 7.76. The minimum absolute atomic E-state index is 0.318. The molecule has 4 rings (SSSR count). The molecule has 0 aromatic heterocycles. The maximum atomic E-state index is 13.1. The van der Waals surface area contributed by atoms with Crippen molar-refractivity contribution in [2.24, 2.45) is 10.8 Å². The number of fused-ring (bicyclic) bond motifs is 2. The summed E-state index contributed by atoms with van der Waals surface area (Å²) >= 11 is 0. The third kappa shape index (κ3) is 2.33. The van der Waals surface area contributed by atoms with Crippen LogP contribution in [0.2, 0.25) is 0 Å². The van der Waals surface area contributed by atoms with Crippen LogP contribution in [-0.2, 0) is 38.4 Å². The number of ketones is 1. The van der Waals surface area contributed by atoms with E-state index in [0.29, 0.717) is 6.61 Å². The highest BCUT2D eigenvalue weighted by atomic mass is 17.2. The molecule has 7 atom stereocenters. The highest BCUT2D eigenvalue weighted by Gasteiger charge is 2.91. The summed E-state index contributed by atoms with van der Waals surface area (Å²) in [5, 5.41) is 0. The van der Waals surface area contributed by atoms with Gasteiger partial charge in [-0.25, -0.2) is 4.79 Å². The van der Waals surface area contributed by atoms with Gasteiger partial charge in [0.25, 0.3) is 0 Å². The Morgan fingerprint density at radius 3 is 2.31 bits per heavy atom. The molecule has 0 N–H and O–H groups in total. The van der Waals surface area contributed by atoms with Crippen LogP contribution in [0.5, 0.6) is 0 Å². The van der Waals surface area contributed by atoms with Crippen molar-refractivity contribution in [3.63, 3.8) is 0 Å². The summed E-state index contributed by atoms with van der Waals surface area (Å²) in [4.78, 5) is 47.2. The molecule has 160 valence electrons. The average molecular weight is 408 g/mol. The summed E-state index contributed by atoms with van der Waals surface area (Å²) in [7, 11) is 0. The molecule has 8 nitrogen and oxygen atoms in total. The number of epoxide rings is 1. The quantitative estimate of drug-likeness (QED) is 0.229. The molecule has 0 aromatic carbocycles. The average Bonchev–Trinajstić information content (AvgIpc) is 3.39. The zero-order chi connectivity index (χ0) is 21.4. The first-order chi connectivity index (χ1) is 13.5. The molecule has 4 aliphatic rings. The van der Waals surface area contributed by atoms with E-state index in [9.17, 15) is 14.4 Å². The van der Waals surface area contributed by atoms with Crippen molar-refractivity contribution < 1.29 is 38.4 Å². The summed E-state index contributed by atoms with van der Waals surface area (Å²) in [5.41, 5.74) is -2.78. The van der Waals surface area contributed by atoms with E-state index < -0.39 is 52.0 Å². The van der Waals surface area contributed by atoms with Gasteiger partial charge in [-0.05, 0) is 26.7 Å². The minimum Gasteiger partial charge on any atom is -0.458 e. The van der Waals surface area contributed by atoms with Gasteiger partial charge in [0.1, 0.15) is 11.7 Å². The minimum atomic E-state index is -1.81. The van der Waals surface area contributed by atoms with Crippen molar-refractivity contribution in [1.82, 2.24) is 0 Å². The number of rotatable bonds is 4. The van der Waals surface area contributed by atoms with Gasteiger partial charge in [0.15, 0.2) is 11.9 Å². The van der Waals surface area contributed by atoms with Gasteiger partial charge in [0.2, 0.25) is 5.60 Å². The van der Waals surface area contributed by atoms with Gasteiger partial charge in [0, 0.05) is 19.3 Å². The van der Waals surface area contributed by atoms with Crippen molar-refractivity contribution in [1.29, 1.82) is 0 Å². The monoisotopic (exact) mass is 408 g/mol. The smallest absolute Gasteiger partial charge is 0.339 e. The zero-order valence-electron chi connectivity index (χ0n) is 17.7. The van der Waals surface area contributed by atoms with Crippen molar-refractivity contribution in [2.45, 2.75) is 83.9 Å². The second kappa shape index (κ2) is 6.12. The lowest BCUT2D eigenvalue weighted by Crippen LogP contribution is -2.63. The predicted molar refractivity (Wildman–Crippen MR) is 98.4 cm³/mol. The van der Waals surface area contributed by atoms with E-state index in [0.717, 1.165) is 12.8 Å². The molecule has 2 bridgehead atoms. The van der Waals surface area contributed by atoms with Gasteiger partial charge >= 0.3 is 11.9 Å².